The lowest BCUT2D eigenvalue weighted by Crippen LogP contribution is -2.02. The average Bonchev–Trinajstić information content (AvgIpc) is 2.90. The Morgan fingerprint density at radius 3 is 1.45 bits per heavy atom. The first kappa shape index (κ1) is 16.4. The molecule has 2 aromatic heterocycles. The van der Waals surface area contributed by atoms with Crippen molar-refractivity contribution in [2.24, 2.45) is 0 Å². The van der Waals surface area contributed by atoms with E-state index < -0.39 is 27.4 Å². The van der Waals surface area contributed by atoms with Gasteiger partial charge in [0.25, 0.3) is 5.78 Å². The fourth-order valence-electron chi connectivity index (χ4n) is 1.73. The summed E-state index contributed by atoms with van der Waals surface area (Å²) in [6.45, 7) is 2.88. The van der Waals surface area contributed by atoms with Crippen LogP contribution in [0.1, 0.15) is 27.4 Å². The molecule has 0 aliphatic rings. The van der Waals surface area contributed by atoms with Gasteiger partial charge in [-0.2, -0.15) is 0 Å². The van der Waals surface area contributed by atoms with E-state index in [1.54, 1.807) is 0 Å². The predicted octanol–water partition coefficient (Wildman–Crippen LogP) is 4.06. The zero-order valence-corrected chi connectivity index (χ0v) is 14.2. The van der Waals surface area contributed by atoms with E-state index in [2.05, 4.69) is 31.9 Å². The molecule has 0 fully saturated rings. The number of nitro groups is 2. The molecule has 0 spiro atoms. The first-order valence-corrected chi connectivity index (χ1v) is 7.16. The Morgan fingerprint density at radius 1 is 0.909 bits per heavy atom. The highest BCUT2D eigenvalue weighted by atomic mass is 79.9. The Bertz CT molecular complexity index is 755. The number of ketones is 1. The van der Waals surface area contributed by atoms with E-state index in [-0.39, 0.29) is 31.6 Å². The van der Waals surface area contributed by atoms with Crippen LogP contribution in [0.2, 0.25) is 0 Å². The van der Waals surface area contributed by atoms with Gasteiger partial charge in [-0.25, -0.2) is 0 Å². The Morgan fingerprint density at radius 2 is 1.23 bits per heavy atom. The highest BCUT2D eigenvalue weighted by Crippen LogP contribution is 2.38. The van der Waals surface area contributed by atoms with Crippen molar-refractivity contribution in [3.63, 3.8) is 0 Å². The summed E-state index contributed by atoms with van der Waals surface area (Å²) < 4.78 is 9.95. The van der Waals surface area contributed by atoms with E-state index in [1.165, 1.54) is 13.8 Å². The Hall–Kier alpha value is -2.01. The maximum atomic E-state index is 12.4. The molecule has 2 heterocycles. The van der Waals surface area contributed by atoms with Crippen LogP contribution in [-0.2, 0) is 0 Å². The molecule has 2 aromatic rings. The number of furan rings is 2. The van der Waals surface area contributed by atoms with Gasteiger partial charge in [0.05, 0.1) is 0 Å². The van der Waals surface area contributed by atoms with E-state index in [4.69, 9.17) is 8.83 Å². The van der Waals surface area contributed by atoms with Crippen LogP contribution >= 0.6 is 31.9 Å². The maximum Gasteiger partial charge on any atom is 0.448 e. The molecule has 0 aliphatic heterocycles. The highest BCUT2D eigenvalue weighted by molar-refractivity contribution is 9.11. The van der Waals surface area contributed by atoms with E-state index in [0.29, 0.717) is 0 Å². The molecule has 0 aliphatic carbocycles. The molecule has 0 saturated heterocycles. The van der Waals surface area contributed by atoms with Crippen LogP contribution in [0.25, 0.3) is 0 Å². The molecule has 2 rings (SSSR count). The predicted molar refractivity (Wildman–Crippen MR) is 79.0 cm³/mol. The van der Waals surface area contributed by atoms with Gasteiger partial charge in [-0.1, -0.05) is 0 Å². The normalized spacial score (nSPS) is 10.7. The van der Waals surface area contributed by atoms with Crippen molar-refractivity contribution in [2.45, 2.75) is 13.8 Å². The minimum Gasteiger partial charge on any atom is -0.396 e. The van der Waals surface area contributed by atoms with Crippen molar-refractivity contribution < 1.29 is 23.5 Å². The van der Waals surface area contributed by atoms with Gasteiger partial charge in [0.15, 0.2) is 11.5 Å². The largest absolute Gasteiger partial charge is 0.448 e. The first-order chi connectivity index (χ1) is 10.2. The van der Waals surface area contributed by atoms with E-state index in [9.17, 15) is 25.0 Å². The summed E-state index contributed by atoms with van der Waals surface area (Å²) >= 11 is 5.94. The Balaban J connectivity index is 2.59. The number of carbonyl (C=O) groups excluding carboxylic acids is 1. The molecule has 9 nitrogen and oxygen atoms in total. The Kier molecular flexibility index (Phi) is 4.20. The molecule has 0 aromatic carbocycles. The van der Waals surface area contributed by atoms with Crippen molar-refractivity contribution in [1.29, 1.82) is 0 Å². The second kappa shape index (κ2) is 5.65. The van der Waals surface area contributed by atoms with Crippen molar-refractivity contribution in [2.75, 3.05) is 0 Å². The zero-order chi connectivity index (χ0) is 16.8. The minimum atomic E-state index is -0.822. The quantitative estimate of drug-likeness (QED) is 0.400. The third-order valence-corrected chi connectivity index (χ3v) is 4.72. The molecular formula is C11H6Br2N2O7. The molecular weight excluding hydrogens is 432 g/mol. The number of carbonyl (C=O) groups is 1. The Labute approximate surface area is 138 Å². The van der Waals surface area contributed by atoms with Gasteiger partial charge in [0.2, 0.25) is 0 Å². The van der Waals surface area contributed by atoms with E-state index in [1.807, 2.05) is 0 Å². The molecule has 0 saturated carbocycles. The van der Waals surface area contributed by atoms with E-state index in [0.717, 1.165) is 0 Å². The van der Waals surface area contributed by atoms with Gasteiger partial charge >= 0.3 is 11.8 Å². The van der Waals surface area contributed by atoms with Crippen LogP contribution in [0.5, 0.6) is 0 Å². The van der Waals surface area contributed by atoms with Gasteiger partial charge in [0, 0.05) is 11.1 Å². The summed E-state index contributed by atoms with van der Waals surface area (Å²) in [6.07, 6.45) is 0. The maximum absolute atomic E-state index is 12.4. The van der Waals surface area contributed by atoms with Crippen LogP contribution in [0.4, 0.5) is 11.8 Å². The van der Waals surface area contributed by atoms with Gasteiger partial charge in [-0.15, -0.1) is 0 Å². The lowest BCUT2D eigenvalue weighted by atomic mass is 10.1. The van der Waals surface area contributed by atoms with Crippen molar-refractivity contribution in [3.05, 3.63) is 51.8 Å². The summed E-state index contributed by atoms with van der Waals surface area (Å²) in [5.41, 5.74) is 0.401. The van der Waals surface area contributed by atoms with Gasteiger partial charge < -0.3 is 8.83 Å². The molecule has 116 valence electrons. The molecule has 0 radical (unpaired) electrons. The SMILES string of the molecule is Cc1c(C(=O)c2oc([N+](=O)[O-])c(Br)c2C)oc([N+](=O)[O-])c1Br. The lowest BCUT2D eigenvalue weighted by Gasteiger charge is -1.95. The molecule has 0 unspecified atom stereocenters. The number of hydrogen-bond donors (Lipinski definition) is 0. The third-order valence-electron chi connectivity index (χ3n) is 2.86. The number of hydrogen-bond acceptors (Lipinski definition) is 7. The summed E-state index contributed by atoms with van der Waals surface area (Å²) in [4.78, 5) is 32.4. The monoisotopic (exact) mass is 436 g/mol. The second-order valence-corrected chi connectivity index (χ2v) is 5.78. The fourth-order valence-corrected chi connectivity index (χ4v) is 2.54. The van der Waals surface area contributed by atoms with E-state index >= 15 is 0 Å². The smallest absolute Gasteiger partial charge is 0.396 e. The molecule has 0 N–H and O–H groups in total. The van der Waals surface area contributed by atoms with Crippen molar-refractivity contribution in [3.8, 4) is 0 Å². The molecule has 0 amide bonds. The van der Waals surface area contributed by atoms with Crippen LogP contribution in [0.15, 0.2) is 17.8 Å². The highest BCUT2D eigenvalue weighted by Gasteiger charge is 2.34. The van der Waals surface area contributed by atoms with Gasteiger partial charge in [-0.3, -0.25) is 25.0 Å². The average molecular weight is 438 g/mol. The second-order valence-electron chi connectivity index (χ2n) is 4.19. The topological polar surface area (TPSA) is 130 Å². The van der Waals surface area contributed by atoms with Crippen LogP contribution < -0.4 is 0 Å². The molecule has 0 bridgehead atoms. The van der Waals surface area contributed by atoms with Crippen molar-refractivity contribution >= 4 is 49.4 Å². The minimum absolute atomic E-state index is 0.0265. The summed E-state index contributed by atoms with van der Waals surface area (Å²) in [7, 11) is 0. The third kappa shape index (κ3) is 2.46. The molecule has 22 heavy (non-hydrogen) atoms. The molecule has 0 atom stereocenters. The van der Waals surface area contributed by atoms with Crippen LogP contribution in [0, 0.1) is 34.1 Å². The van der Waals surface area contributed by atoms with Crippen LogP contribution in [-0.4, -0.2) is 15.6 Å². The summed E-state index contributed by atoms with van der Waals surface area (Å²) in [6, 6.07) is 0. The summed E-state index contributed by atoms with van der Waals surface area (Å²) in [5, 5.41) is 21.6. The first-order valence-electron chi connectivity index (χ1n) is 5.58. The molecule has 11 heteroatoms. The van der Waals surface area contributed by atoms with Crippen LogP contribution in [0.3, 0.4) is 0 Å². The standard InChI is InChI=1S/C11H6Br2N2O7/c1-3-5(12)10(14(17)18)21-8(3)7(16)9-4(2)6(13)11(22-9)15(19)20/h1-2H3. The number of nitrogens with zero attached hydrogens (tertiary/aromatic N) is 2. The lowest BCUT2D eigenvalue weighted by molar-refractivity contribution is -0.403. The van der Waals surface area contributed by atoms with Gasteiger partial charge in [0.1, 0.15) is 18.8 Å². The fraction of sp³-hybridized carbons (Fsp3) is 0.182. The number of halogens is 2. The number of rotatable bonds is 4. The van der Waals surface area contributed by atoms with Crippen molar-refractivity contribution in [1.82, 2.24) is 0 Å². The zero-order valence-electron chi connectivity index (χ0n) is 11.0. The summed E-state index contributed by atoms with van der Waals surface area (Å²) in [5.74, 6) is -2.72. The van der Waals surface area contributed by atoms with Gasteiger partial charge in [-0.05, 0) is 45.7 Å².